The van der Waals surface area contributed by atoms with Crippen molar-refractivity contribution in [3.8, 4) is 0 Å². The Balaban J connectivity index is 1.30. The summed E-state index contributed by atoms with van der Waals surface area (Å²) in [7, 11) is 0. The van der Waals surface area contributed by atoms with Crippen LogP contribution in [0.4, 0.5) is 17.8 Å². The van der Waals surface area contributed by atoms with Gasteiger partial charge in [-0.05, 0) is 56.4 Å². The lowest BCUT2D eigenvalue weighted by Crippen LogP contribution is -2.25. The molecule has 2 aliphatic rings. The Kier molecular flexibility index (Phi) is 7.08. The largest absolute Gasteiger partial charge is 0.341 e. The van der Waals surface area contributed by atoms with Crippen molar-refractivity contribution < 1.29 is 0 Å². The van der Waals surface area contributed by atoms with Crippen LogP contribution in [0.3, 0.4) is 0 Å². The first-order valence-corrected chi connectivity index (χ1v) is 13.9. The van der Waals surface area contributed by atoms with Crippen LogP contribution in [0.15, 0.2) is 47.6 Å². The van der Waals surface area contributed by atoms with E-state index in [4.69, 9.17) is 38.2 Å². The van der Waals surface area contributed by atoms with Gasteiger partial charge < -0.3 is 14.4 Å². The van der Waals surface area contributed by atoms with E-state index in [1.165, 1.54) is 0 Å². The molecule has 0 aliphatic carbocycles. The molecule has 2 aliphatic heterocycles. The minimum absolute atomic E-state index is 0.467. The zero-order valence-electron chi connectivity index (χ0n) is 21.4. The van der Waals surface area contributed by atoms with Crippen molar-refractivity contribution in [1.82, 2.24) is 19.5 Å². The molecule has 6 rings (SSSR count). The molecule has 0 spiro atoms. The van der Waals surface area contributed by atoms with E-state index in [9.17, 15) is 0 Å². The van der Waals surface area contributed by atoms with Crippen LogP contribution in [-0.4, -0.2) is 51.9 Å². The first kappa shape index (κ1) is 24.9. The third-order valence-electron chi connectivity index (χ3n) is 7.37. The number of aromatic nitrogens is 4. The van der Waals surface area contributed by atoms with Crippen LogP contribution < -0.4 is 15.2 Å². The molecule has 0 bridgehead atoms. The van der Waals surface area contributed by atoms with Crippen molar-refractivity contribution in [3.05, 3.63) is 69.3 Å². The second kappa shape index (κ2) is 10.8. The number of rotatable bonds is 7. The van der Waals surface area contributed by atoms with Crippen molar-refractivity contribution in [2.45, 2.75) is 39.2 Å². The molecule has 1 N–H and O–H groups in total. The van der Waals surface area contributed by atoms with Gasteiger partial charge >= 0.3 is 0 Å². The molecule has 2 aromatic heterocycles. The van der Waals surface area contributed by atoms with Crippen molar-refractivity contribution in [2.24, 2.45) is 5.10 Å². The second-order valence-electron chi connectivity index (χ2n) is 9.86. The molecule has 196 valence electrons. The normalized spacial score (nSPS) is 15.9. The molecule has 8 nitrogen and oxygen atoms in total. The van der Waals surface area contributed by atoms with Crippen LogP contribution in [0.1, 0.15) is 42.5 Å². The highest BCUT2D eigenvalue weighted by atomic mass is 35.5. The van der Waals surface area contributed by atoms with Gasteiger partial charge in [-0.15, -0.1) is 0 Å². The molecule has 2 saturated heterocycles. The Hall–Kier alpha value is -3.36. The van der Waals surface area contributed by atoms with Crippen molar-refractivity contribution >= 4 is 58.2 Å². The Labute approximate surface area is 232 Å². The van der Waals surface area contributed by atoms with Gasteiger partial charge in [0.2, 0.25) is 17.8 Å². The number of hydrazone groups is 1. The third-order valence-corrected chi connectivity index (χ3v) is 7.96. The fourth-order valence-corrected chi connectivity index (χ4v) is 5.79. The fourth-order valence-electron chi connectivity index (χ4n) is 5.32. The van der Waals surface area contributed by atoms with Gasteiger partial charge in [0, 0.05) is 64.9 Å². The first-order chi connectivity index (χ1) is 18.6. The molecule has 0 unspecified atom stereocenters. The van der Waals surface area contributed by atoms with Gasteiger partial charge in [-0.2, -0.15) is 20.1 Å². The van der Waals surface area contributed by atoms with Gasteiger partial charge in [0.1, 0.15) is 0 Å². The number of hydrogen-bond donors (Lipinski definition) is 1. The average molecular weight is 550 g/mol. The van der Waals surface area contributed by atoms with Gasteiger partial charge in [-0.3, -0.25) is 0 Å². The lowest BCUT2D eigenvalue weighted by atomic mass is 10.1. The van der Waals surface area contributed by atoms with E-state index in [2.05, 4.69) is 44.0 Å². The molecule has 38 heavy (non-hydrogen) atoms. The van der Waals surface area contributed by atoms with Crippen molar-refractivity contribution in [3.63, 3.8) is 0 Å². The van der Waals surface area contributed by atoms with Gasteiger partial charge in [0.15, 0.2) is 0 Å². The molecule has 2 aromatic carbocycles. The van der Waals surface area contributed by atoms with Crippen LogP contribution in [-0.2, 0) is 6.54 Å². The second-order valence-corrected chi connectivity index (χ2v) is 10.7. The van der Waals surface area contributed by atoms with Crippen LogP contribution in [0, 0.1) is 6.92 Å². The number of para-hydroxylation sites is 1. The van der Waals surface area contributed by atoms with Gasteiger partial charge in [0.25, 0.3) is 0 Å². The van der Waals surface area contributed by atoms with Crippen LogP contribution >= 0.6 is 23.2 Å². The molecule has 0 atom stereocenters. The Morgan fingerprint density at radius 2 is 1.55 bits per heavy atom. The molecule has 2 fully saturated rings. The van der Waals surface area contributed by atoms with Crippen LogP contribution in [0.5, 0.6) is 0 Å². The average Bonchev–Trinajstić information content (AvgIpc) is 3.69. The molecule has 0 radical (unpaired) electrons. The quantitative estimate of drug-likeness (QED) is 0.221. The molecule has 0 amide bonds. The first-order valence-electron chi connectivity index (χ1n) is 13.1. The minimum Gasteiger partial charge on any atom is -0.341 e. The molecule has 10 heteroatoms. The SMILES string of the molecule is Cc1c(/C=N/Nc2nc(N3CCCC3)nc(N3CCCC3)n2)c2ccccc2n1Cc1ccc(Cl)cc1Cl. The summed E-state index contributed by atoms with van der Waals surface area (Å²) in [6.45, 7) is 6.64. The van der Waals surface area contributed by atoms with E-state index in [0.29, 0.717) is 22.5 Å². The number of halogens is 2. The van der Waals surface area contributed by atoms with Crippen LogP contribution in [0.2, 0.25) is 10.0 Å². The van der Waals surface area contributed by atoms with E-state index in [1.54, 1.807) is 6.07 Å². The number of nitrogens with zero attached hydrogens (tertiary/aromatic N) is 7. The fraction of sp³-hybridized carbons (Fsp3) is 0.357. The van der Waals surface area contributed by atoms with E-state index in [0.717, 1.165) is 91.5 Å². The summed E-state index contributed by atoms with van der Waals surface area (Å²) < 4.78 is 2.26. The zero-order valence-corrected chi connectivity index (χ0v) is 22.9. The number of nitrogens with one attached hydrogen (secondary N) is 1. The maximum Gasteiger partial charge on any atom is 0.250 e. The predicted molar refractivity (Wildman–Crippen MR) is 156 cm³/mol. The van der Waals surface area contributed by atoms with E-state index < -0.39 is 0 Å². The molecular formula is C28H30Cl2N8. The van der Waals surface area contributed by atoms with Crippen LogP contribution in [0.25, 0.3) is 10.9 Å². The van der Waals surface area contributed by atoms with Crippen molar-refractivity contribution in [1.29, 1.82) is 0 Å². The Bertz CT molecular complexity index is 1450. The van der Waals surface area contributed by atoms with Gasteiger partial charge in [0.05, 0.1) is 6.21 Å². The van der Waals surface area contributed by atoms with E-state index in [-0.39, 0.29) is 0 Å². The molecular weight excluding hydrogens is 519 g/mol. The summed E-state index contributed by atoms with van der Waals surface area (Å²) in [5.74, 6) is 1.92. The summed E-state index contributed by atoms with van der Waals surface area (Å²) in [6, 6.07) is 14.0. The highest BCUT2D eigenvalue weighted by Gasteiger charge is 2.21. The summed E-state index contributed by atoms with van der Waals surface area (Å²) in [4.78, 5) is 18.7. The zero-order chi connectivity index (χ0) is 26.1. The van der Waals surface area contributed by atoms with E-state index in [1.807, 2.05) is 30.5 Å². The lowest BCUT2D eigenvalue weighted by Gasteiger charge is -2.20. The number of benzene rings is 2. The third kappa shape index (κ3) is 5.02. The molecule has 0 saturated carbocycles. The standard InChI is InChI=1S/C28H30Cl2N8/c1-19-23(22-8-2-3-9-25(22)38(19)18-20-10-11-21(29)16-24(20)30)17-31-35-26-32-27(36-12-4-5-13-36)34-28(33-26)37-14-6-7-15-37/h2-3,8-11,16-17H,4-7,12-15,18H2,1H3,(H,32,33,34,35)/b31-17+. The predicted octanol–water partition coefficient (Wildman–Crippen LogP) is 6.14. The highest BCUT2D eigenvalue weighted by Crippen LogP contribution is 2.29. The number of anilines is 3. The highest BCUT2D eigenvalue weighted by molar-refractivity contribution is 6.35. The van der Waals surface area contributed by atoms with E-state index >= 15 is 0 Å². The summed E-state index contributed by atoms with van der Waals surface area (Å²) in [5.41, 5.74) is 7.35. The maximum atomic E-state index is 6.50. The van der Waals surface area contributed by atoms with Crippen molar-refractivity contribution in [2.75, 3.05) is 41.4 Å². The molecule has 4 heterocycles. The summed E-state index contributed by atoms with van der Waals surface area (Å²) in [5, 5.41) is 6.99. The minimum atomic E-state index is 0.467. The summed E-state index contributed by atoms with van der Waals surface area (Å²) in [6.07, 6.45) is 6.51. The molecule has 4 aromatic rings. The van der Waals surface area contributed by atoms with Gasteiger partial charge in [-0.1, -0.05) is 47.5 Å². The summed E-state index contributed by atoms with van der Waals surface area (Å²) >= 11 is 12.6. The number of fused-ring (bicyclic) bond motifs is 1. The Morgan fingerprint density at radius 1 is 0.895 bits per heavy atom. The number of hydrogen-bond acceptors (Lipinski definition) is 7. The topological polar surface area (TPSA) is 74.5 Å². The Morgan fingerprint density at radius 3 is 2.21 bits per heavy atom. The van der Waals surface area contributed by atoms with Gasteiger partial charge in [-0.25, -0.2) is 5.43 Å². The monoisotopic (exact) mass is 548 g/mol. The lowest BCUT2D eigenvalue weighted by molar-refractivity contribution is 0.804. The smallest absolute Gasteiger partial charge is 0.250 e. The maximum absolute atomic E-state index is 6.50.